The Morgan fingerprint density at radius 2 is 1.54 bits per heavy atom. The Hall–Kier alpha value is -2.40. The van der Waals surface area contributed by atoms with Crippen LogP contribution in [0.5, 0.6) is 0 Å². The minimum atomic E-state index is -0.105. The summed E-state index contributed by atoms with van der Waals surface area (Å²) in [5.74, 6) is -0.0684. The van der Waals surface area contributed by atoms with Crippen molar-refractivity contribution in [2.75, 3.05) is 38.0 Å². The highest BCUT2D eigenvalue weighted by atomic mass is 16.2. The molecule has 5 heteroatoms. The molecule has 0 aromatic heterocycles. The molecule has 0 aliphatic heterocycles. The van der Waals surface area contributed by atoms with Crippen molar-refractivity contribution in [1.82, 2.24) is 9.80 Å². The van der Waals surface area contributed by atoms with Crippen LogP contribution >= 0.6 is 0 Å². The number of amides is 2. The van der Waals surface area contributed by atoms with Gasteiger partial charge in [0.05, 0.1) is 6.54 Å². The maximum absolute atomic E-state index is 12.6. The fourth-order valence-corrected chi connectivity index (χ4v) is 2.71. The van der Waals surface area contributed by atoms with E-state index in [4.69, 9.17) is 0 Å². The Morgan fingerprint density at radius 1 is 1.00 bits per heavy atom. The standard InChI is InChI=1S/C21H31N3O2/c1-5-13-23(14-6-2)17-20(25)22-19-11-9-18(10-12-19)21(26)24(15-7-3)16-8-4/h5-6,9-12H,1-2,7-8,13-17H2,3-4H3,(H,22,25). The highest BCUT2D eigenvalue weighted by Crippen LogP contribution is 2.12. The molecule has 0 atom stereocenters. The van der Waals surface area contributed by atoms with E-state index >= 15 is 0 Å². The number of hydrogen-bond acceptors (Lipinski definition) is 3. The zero-order valence-corrected chi connectivity index (χ0v) is 16.0. The quantitative estimate of drug-likeness (QED) is 0.582. The molecule has 1 aromatic rings. The van der Waals surface area contributed by atoms with Crippen LogP contribution in [0.25, 0.3) is 0 Å². The van der Waals surface area contributed by atoms with Gasteiger partial charge in [-0.1, -0.05) is 26.0 Å². The first-order valence-corrected chi connectivity index (χ1v) is 9.19. The average molecular weight is 357 g/mol. The third-order valence-electron chi connectivity index (χ3n) is 3.83. The van der Waals surface area contributed by atoms with E-state index in [0.717, 1.165) is 25.9 Å². The van der Waals surface area contributed by atoms with Gasteiger partial charge in [0.1, 0.15) is 0 Å². The van der Waals surface area contributed by atoms with Crippen molar-refractivity contribution in [3.05, 3.63) is 55.1 Å². The van der Waals surface area contributed by atoms with E-state index in [1.807, 2.05) is 9.80 Å². The molecular weight excluding hydrogens is 326 g/mol. The molecule has 142 valence electrons. The van der Waals surface area contributed by atoms with Gasteiger partial charge in [-0.2, -0.15) is 0 Å². The predicted octanol–water partition coefficient (Wildman–Crippen LogP) is 3.56. The molecular formula is C21H31N3O2. The van der Waals surface area contributed by atoms with Crippen LogP contribution in [0.1, 0.15) is 37.0 Å². The second-order valence-electron chi connectivity index (χ2n) is 6.19. The lowest BCUT2D eigenvalue weighted by Crippen LogP contribution is -2.33. The fourth-order valence-electron chi connectivity index (χ4n) is 2.71. The topological polar surface area (TPSA) is 52.7 Å². The van der Waals surface area contributed by atoms with Crippen LogP contribution in [0.3, 0.4) is 0 Å². The van der Waals surface area contributed by atoms with Crippen molar-refractivity contribution in [3.8, 4) is 0 Å². The largest absolute Gasteiger partial charge is 0.339 e. The number of nitrogens with zero attached hydrogens (tertiary/aromatic N) is 2. The van der Waals surface area contributed by atoms with Crippen LogP contribution in [0.2, 0.25) is 0 Å². The fraction of sp³-hybridized carbons (Fsp3) is 0.429. The van der Waals surface area contributed by atoms with Gasteiger partial charge in [0, 0.05) is 37.4 Å². The summed E-state index contributed by atoms with van der Waals surface area (Å²) in [5, 5.41) is 2.86. The first-order valence-electron chi connectivity index (χ1n) is 9.19. The van der Waals surface area contributed by atoms with Crippen LogP contribution in [0.15, 0.2) is 49.6 Å². The van der Waals surface area contributed by atoms with Gasteiger partial charge in [0.15, 0.2) is 0 Å². The Bertz CT molecular complexity index is 580. The van der Waals surface area contributed by atoms with Crippen molar-refractivity contribution >= 4 is 17.5 Å². The number of carbonyl (C=O) groups excluding carboxylic acids is 2. The molecule has 0 aliphatic rings. The zero-order chi connectivity index (χ0) is 19.4. The number of rotatable bonds is 12. The van der Waals surface area contributed by atoms with E-state index < -0.39 is 0 Å². The molecule has 0 saturated carbocycles. The van der Waals surface area contributed by atoms with Crippen LogP contribution in [-0.2, 0) is 4.79 Å². The lowest BCUT2D eigenvalue weighted by atomic mass is 10.1. The number of anilines is 1. The van der Waals surface area contributed by atoms with E-state index in [0.29, 0.717) is 24.3 Å². The van der Waals surface area contributed by atoms with E-state index in [-0.39, 0.29) is 18.4 Å². The maximum atomic E-state index is 12.6. The molecule has 26 heavy (non-hydrogen) atoms. The first kappa shape index (κ1) is 21.6. The lowest BCUT2D eigenvalue weighted by molar-refractivity contribution is -0.117. The minimum absolute atomic E-state index is 0.0368. The smallest absolute Gasteiger partial charge is 0.253 e. The second kappa shape index (κ2) is 12.0. The molecule has 0 aliphatic carbocycles. The Balaban J connectivity index is 2.68. The van der Waals surface area contributed by atoms with E-state index in [1.54, 1.807) is 36.4 Å². The summed E-state index contributed by atoms with van der Waals surface area (Å²) in [6, 6.07) is 7.07. The molecule has 0 unspecified atom stereocenters. The molecule has 1 N–H and O–H groups in total. The molecule has 0 fully saturated rings. The van der Waals surface area contributed by atoms with E-state index in [9.17, 15) is 9.59 Å². The van der Waals surface area contributed by atoms with E-state index in [2.05, 4.69) is 32.3 Å². The van der Waals surface area contributed by atoms with Gasteiger partial charge in [-0.25, -0.2) is 0 Å². The molecule has 0 saturated heterocycles. The van der Waals surface area contributed by atoms with Gasteiger partial charge < -0.3 is 10.2 Å². The van der Waals surface area contributed by atoms with Crippen molar-refractivity contribution in [2.24, 2.45) is 0 Å². The van der Waals surface area contributed by atoms with Gasteiger partial charge in [0.2, 0.25) is 5.91 Å². The molecule has 5 nitrogen and oxygen atoms in total. The summed E-state index contributed by atoms with van der Waals surface area (Å²) in [4.78, 5) is 28.5. The summed E-state index contributed by atoms with van der Waals surface area (Å²) in [5.41, 5.74) is 1.33. The van der Waals surface area contributed by atoms with E-state index in [1.165, 1.54) is 0 Å². The zero-order valence-electron chi connectivity index (χ0n) is 16.0. The van der Waals surface area contributed by atoms with Gasteiger partial charge in [-0.15, -0.1) is 13.2 Å². The highest BCUT2D eigenvalue weighted by Gasteiger charge is 2.14. The van der Waals surface area contributed by atoms with Crippen LogP contribution in [0, 0.1) is 0 Å². The molecule has 1 aromatic carbocycles. The summed E-state index contributed by atoms with van der Waals surface area (Å²) in [7, 11) is 0. The molecule has 0 bridgehead atoms. The van der Waals surface area contributed by atoms with Crippen molar-refractivity contribution in [1.29, 1.82) is 0 Å². The first-order chi connectivity index (χ1) is 12.5. The van der Waals surface area contributed by atoms with Crippen molar-refractivity contribution in [3.63, 3.8) is 0 Å². The predicted molar refractivity (Wildman–Crippen MR) is 108 cm³/mol. The van der Waals surface area contributed by atoms with Gasteiger partial charge in [0.25, 0.3) is 5.91 Å². The van der Waals surface area contributed by atoms with Crippen LogP contribution in [-0.4, -0.2) is 54.3 Å². The van der Waals surface area contributed by atoms with Crippen molar-refractivity contribution in [2.45, 2.75) is 26.7 Å². The minimum Gasteiger partial charge on any atom is -0.339 e. The maximum Gasteiger partial charge on any atom is 0.253 e. The Morgan fingerprint density at radius 3 is 2.00 bits per heavy atom. The van der Waals surface area contributed by atoms with Gasteiger partial charge >= 0.3 is 0 Å². The normalized spacial score (nSPS) is 10.4. The highest BCUT2D eigenvalue weighted by molar-refractivity contribution is 5.96. The summed E-state index contributed by atoms with van der Waals surface area (Å²) in [6.07, 6.45) is 5.39. The third-order valence-corrected chi connectivity index (χ3v) is 3.83. The molecule has 2 amide bonds. The molecule has 0 heterocycles. The van der Waals surface area contributed by atoms with Gasteiger partial charge in [-0.05, 0) is 37.1 Å². The molecule has 0 radical (unpaired) electrons. The lowest BCUT2D eigenvalue weighted by Gasteiger charge is -2.21. The number of nitrogens with one attached hydrogen (secondary N) is 1. The third kappa shape index (κ3) is 7.23. The van der Waals surface area contributed by atoms with Crippen LogP contribution < -0.4 is 5.32 Å². The number of carbonyl (C=O) groups is 2. The second-order valence-corrected chi connectivity index (χ2v) is 6.19. The monoisotopic (exact) mass is 357 g/mol. The van der Waals surface area contributed by atoms with Gasteiger partial charge in [-0.3, -0.25) is 14.5 Å². The average Bonchev–Trinajstić information content (AvgIpc) is 2.62. The summed E-state index contributed by atoms with van der Waals surface area (Å²) >= 11 is 0. The summed E-state index contributed by atoms with van der Waals surface area (Å²) < 4.78 is 0. The Kier molecular flexibility index (Phi) is 10.0. The SMILES string of the molecule is C=CCN(CC=C)CC(=O)Nc1ccc(C(=O)N(CCC)CCC)cc1. The number of benzene rings is 1. The number of hydrogen-bond donors (Lipinski definition) is 1. The Labute approximate surface area is 157 Å². The molecule has 0 spiro atoms. The molecule has 1 rings (SSSR count). The summed E-state index contributed by atoms with van der Waals surface area (Å²) in [6.45, 7) is 14.5. The van der Waals surface area contributed by atoms with Crippen LogP contribution in [0.4, 0.5) is 5.69 Å². The van der Waals surface area contributed by atoms with Crippen molar-refractivity contribution < 1.29 is 9.59 Å².